The van der Waals surface area contributed by atoms with Crippen LogP contribution in [0.15, 0.2) is 24.3 Å². The molecule has 0 saturated carbocycles. The van der Waals surface area contributed by atoms with Crippen molar-refractivity contribution in [3.63, 3.8) is 0 Å². The third-order valence-corrected chi connectivity index (χ3v) is 3.43. The molecule has 1 saturated heterocycles. The van der Waals surface area contributed by atoms with Crippen molar-refractivity contribution in [1.82, 2.24) is 0 Å². The van der Waals surface area contributed by atoms with E-state index >= 15 is 0 Å². The van der Waals surface area contributed by atoms with Gasteiger partial charge in [0.25, 0.3) is 0 Å². The molecule has 1 heterocycles. The van der Waals surface area contributed by atoms with Gasteiger partial charge in [0.1, 0.15) is 6.04 Å². The van der Waals surface area contributed by atoms with E-state index in [1.165, 1.54) is 0 Å². The Morgan fingerprint density at radius 2 is 2.21 bits per heavy atom. The summed E-state index contributed by atoms with van der Waals surface area (Å²) in [4.78, 5) is 25.2. The highest BCUT2D eigenvalue weighted by molar-refractivity contribution is 5.88. The summed E-state index contributed by atoms with van der Waals surface area (Å²) in [7, 11) is 0. The fourth-order valence-corrected chi connectivity index (χ4v) is 2.55. The maximum absolute atomic E-state index is 12.0. The van der Waals surface area contributed by atoms with Crippen molar-refractivity contribution in [1.29, 1.82) is 0 Å². The second-order valence-corrected chi connectivity index (χ2v) is 4.63. The van der Waals surface area contributed by atoms with Gasteiger partial charge in [0, 0.05) is 17.8 Å². The van der Waals surface area contributed by atoms with E-state index in [1.807, 2.05) is 30.0 Å². The average Bonchev–Trinajstić information content (AvgIpc) is 2.47. The number of carbonyl (C=O) groups excluding carboxylic acids is 2. The van der Waals surface area contributed by atoms with Crippen LogP contribution >= 0.6 is 0 Å². The number of hydrogen-bond acceptors (Lipinski definition) is 4. The summed E-state index contributed by atoms with van der Waals surface area (Å²) in [6, 6.07) is 7.12. The summed E-state index contributed by atoms with van der Waals surface area (Å²) in [6.45, 7) is 2.98. The average molecular weight is 261 g/mol. The Morgan fingerprint density at radius 1 is 1.42 bits per heavy atom. The monoisotopic (exact) mass is 261 g/mol. The molecule has 4 nitrogen and oxygen atoms in total. The van der Waals surface area contributed by atoms with Gasteiger partial charge in [0.2, 0.25) is 0 Å². The number of rotatable bonds is 4. The molecule has 0 bridgehead atoms. The van der Waals surface area contributed by atoms with Crippen molar-refractivity contribution in [2.75, 3.05) is 18.1 Å². The molecule has 0 radical (unpaired) electrons. The summed E-state index contributed by atoms with van der Waals surface area (Å²) in [5.74, 6) is -0.192. The quantitative estimate of drug-likeness (QED) is 0.617. The summed E-state index contributed by atoms with van der Waals surface area (Å²) >= 11 is 0. The molecule has 0 unspecified atom stereocenters. The van der Waals surface area contributed by atoms with Gasteiger partial charge in [-0.3, -0.25) is 4.79 Å². The molecule has 0 N–H and O–H groups in total. The molecule has 1 atom stereocenters. The number of anilines is 1. The van der Waals surface area contributed by atoms with Gasteiger partial charge in [-0.2, -0.15) is 0 Å². The van der Waals surface area contributed by atoms with Crippen LogP contribution in [-0.2, 0) is 9.53 Å². The molecular weight excluding hydrogens is 242 g/mol. The molecular formula is C15H19NO3. The fraction of sp³-hybridized carbons (Fsp3) is 0.467. The molecule has 1 aliphatic heterocycles. The second-order valence-electron chi connectivity index (χ2n) is 4.63. The molecule has 0 amide bonds. The van der Waals surface area contributed by atoms with E-state index in [1.54, 1.807) is 6.07 Å². The van der Waals surface area contributed by atoms with Crippen LogP contribution in [0.4, 0.5) is 5.69 Å². The van der Waals surface area contributed by atoms with Gasteiger partial charge < -0.3 is 9.64 Å². The minimum atomic E-state index is -0.269. The van der Waals surface area contributed by atoms with Gasteiger partial charge in [-0.25, -0.2) is 4.79 Å². The summed E-state index contributed by atoms with van der Waals surface area (Å²) < 4.78 is 5.14. The molecule has 2 rings (SSSR count). The SMILES string of the molecule is CCOC(=O)[C@@H]1CCCCN1c1ccccc1C=O. The van der Waals surface area contributed by atoms with Crippen molar-refractivity contribution in [3.05, 3.63) is 29.8 Å². The summed E-state index contributed by atoms with van der Waals surface area (Å²) in [6.07, 6.45) is 3.67. The molecule has 102 valence electrons. The van der Waals surface area contributed by atoms with Crippen LogP contribution in [0.1, 0.15) is 36.5 Å². The van der Waals surface area contributed by atoms with Crippen molar-refractivity contribution in [2.24, 2.45) is 0 Å². The highest BCUT2D eigenvalue weighted by Crippen LogP contribution is 2.27. The zero-order chi connectivity index (χ0) is 13.7. The molecule has 0 aromatic heterocycles. The van der Waals surface area contributed by atoms with Crippen molar-refractivity contribution in [3.8, 4) is 0 Å². The van der Waals surface area contributed by atoms with E-state index in [4.69, 9.17) is 4.74 Å². The van der Waals surface area contributed by atoms with E-state index in [9.17, 15) is 9.59 Å². The van der Waals surface area contributed by atoms with Crippen LogP contribution < -0.4 is 4.90 Å². The van der Waals surface area contributed by atoms with Crippen molar-refractivity contribution in [2.45, 2.75) is 32.2 Å². The first-order valence-electron chi connectivity index (χ1n) is 6.75. The lowest BCUT2D eigenvalue weighted by Gasteiger charge is -2.36. The van der Waals surface area contributed by atoms with Gasteiger partial charge >= 0.3 is 5.97 Å². The van der Waals surface area contributed by atoms with Crippen LogP contribution in [0, 0.1) is 0 Å². The van der Waals surface area contributed by atoms with Crippen LogP contribution in [0.3, 0.4) is 0 Å². The first-order valence-corrected chi connectivity index (χ1v) is 6.75. The molecule has 1 aliphatic rings. The second kappa shape index (κ2) is 6.36. The highest BCUT2D eigenvalue weighted by Gasteiger charge is 2.30. The van der Waals surface area contributed by atoms with Crippen LogP contribution in [0.5, 0.6) is 0 Å². The predicted octanol–water partition coefficient (Wildman–Crippen LogP) is 2.42. The number of para-hydroxylation sites is 1. The number of piperidine rings is 1. The topological polar surface area (TPSA) is 46.6 Å². The number of hydrogen-bond donors (Lipinski definition) is 0. The first-order chi connectivity index (χ1) is 9.27. The summed E-state index contributed by atoms with van der Waals surface area (Å²) in [5.41, 5.74) is 1.45. The molecule has 0 aliphatic carbocycles. The van der Waals surface area contributed by atoms with Crippen LogP contribution in [0.2, 0.25) is 0 Å². The van der Waals surface area contributed by atoms with E-state index in [0.717, 1.165) is 37.8 Å². The maximum atomic E-state index is 12.0. The van der Waals surface area contributed by atoms with Crippen molar-refractivity contribution < 1.29 is 14.3 Å². The zero-order valence-electron chi connectivity index (χ0n) is 11.2. The van der Waals surface area contributed by atoms with Crippen molar-refractivity contribution >= 4 is 17.9 Å². The third kappa shape index (κ3) is 2.95. The Kier molecular flexibility index (Phi) is 4.55. The predicted molar refractivity (Wildman–Crippen MR) is 73.4 cm³/mol. The molecule has 19 heavy (non-hydrogen) atoms. The number of ether oxygens (including phenoxy) is 1. The number of carbonyl (C=O) groups is 2. The largest absolute Gasteiger partial charge is 0.464 e. The minimum Gasteiger partial charge on any atom is -0.464 e. The molecule has 1 aromatic rings. The number of benzene rings is 1. The third-order valence-electron chi connectivity index (χ3n) is 3.43. The van der Waals surface area contributed by atoms with E-state index in [2.05, 4.69) is 0 Å². The molecule has 1 aromatic carbocycles. The van der Waals surface area contributed by atoms with Gasteiger partial charge in [-0.15, -0.1) is 0 Å². The van der Waals surface area contributed by atoms with Gasteiger partial charge in [0.15, 0.2) is 6.29 Å². The molecule has 1 fully saturated rings. The highest BCUT2D eigenvalue weighted by atomic mass is 16.5. The zero-order valence-corrected chi connectivity index (χ0v) is 11.2. The van der Waals surface area contributed by atoms with Gasteiger partial charge in [0.05, 0.1) is 6.61 Å². The Labute approximate surface area is 113 Å². The Hall–Kier alpha value is -1.84. The van der Waals surface area contributed by atoms with Gasteiger partial charge in [-0.05, 0) is 38.3 Å². The molecule has 4 heteroatoms. The van der Waals surface area contributed by atoms with E-state index < -0.39 is 0 Å². The smallest absolute Gasteiger partial charge is 0.328 e. The summed E-state index contributed by atoms with van der Waals surface area (Å²) in [5, 5.41) is 0. The number of aldehydes is 1. The lowest BCUT2D eigenvalue weighted by Crippen LogP contribution is -2.46. The van der Waals surface area contributed by atoms with Crippen LogP contribution in [-0.4, -0.2) is 31.4 Å². The maximum Gasteiger partial charge on any atom is 0.328 e. The first kappa shape index (κ1) is 13.6. The Morgan fingerprint density at radius 3 is 2.95 bits per heavy atom. The lowest BCUT2D eigenvalue weighted by molar-refractivity contribution is -0.145. The van der Waals surface area contributed by atoms with Gasteiger partial charge in [-0.1, -0.05) is 12.1 Å². The minimum absolute atomic E-state index is 0.192. The van der Waals surface area contributed by atoms with E-state index in [0.29, 0.717) is 12.2 Å². The fourth-order valence-electron chi connectivity index (χ4n) is 2.55. The number of esters is 1. The normalized spacial score (nSPS) is 19.0. The lowest BCUT2D eigenvalue weighted by atomic mass is 10.00. The van der Waals surface area contributed by atoms with Crippen LogP contribution in [0.25, 0.3) is 0 Å². The standard InChI is InChI=1S/C15H19NO3/c1-2-19-15(18)14-9-5-6-10-16(14)13-8-4-3-7-12(13)11-17/h3-4,7-8,11,14H,2,5-6,9-10H2,1H3/t14-/m0/s1. The Balaban J connectivity index is 2.28. The number of nitrogens with zero attached hydrogens (tertiary/aromatic N) is 1. The molecule has 0 spiro atoms. The van der Waals surface area contributed by atoms with E-state index in [-0.39, 0.29) is 12.0 Å². The Bertz CT molecular complexity index is 458.